The number of fused-ring (bicyclic) bond motifs is 5. The number of carbonyl (C=O) groups is 1. The summed E-state index contributed by atoms with van der Waals surface area (Å²) in [4.78, 5) is 12.2. The predicted octanol–water partition coefficient (Wildman–Crippen LogP) is 3.38. The van der Waals surface area contributed by atoms with Crippen molar-refractivity contribution in [1.82, 2.24) is 5.32 Å². The van der Waals surface area contributed by atoms with Gasteiger partial charge in [0.1, 0.15) is 5.82 Å². The summed E-state index contributed by atoms with van der Waals surface area (Å²) in [6, 6.07) is 6.18. The summed E-state index contributed by atoms with van der Waals surface area (Å²) < 4.78 is 12.9. The van der Waals surface area contributed by atoms with E-state index in [9.17, 15) is 9.18 Å². The minimum Gasteiger partial charge on any atom is -0.349 e. The molecule has 1 aromatic rings. The van der Waals surface area contributed by atoms with Crippen molar-refractivity contribution in [1.29, 1.82) is 0 Å². The second-order valence-corrected chi connectivity index (χ2v) is 6.74. The highest BCUT2D eigenvalue weighted by molar-refractivity contribution is 5.94. The number of rotatable bonds is 2. The Hall–Kier alpha value is -1.38. The van der Waals surface area contributed by atoms with Gasteiger partial charge in [-0.2, -0.15) is 0 Å². The molecule has 4 rings (SSSR count). The molecular formula is C17H20FNO. The van der Waals surface area contributed by atoms with Crippen LogP contribution >= 0.6 is 0 Å². The van der Waals surface area contributed by atoms with E-state index in [1.807, 2.05) is 0 Å². The number of hydrogen-bond donors (Lipinski definition) is 1. The Morgan fingerprint density at radius 3 is 2.60 bits per heavy atom. The van der Waals surface area contributed by atoms with Gasteiger partial charge in [-0.25, -0.2) is 4.39 Å². The summed E-state index contributed by atoms with van der Waals surface area (Å²) in [5, 5.41) is 3.20. The lowest BCUT2D eigenvalue weighted by molar-refractivity contribution is 0.0901. The van der Waals surface area contributed by atoms with E-state index in [-0.39, 0.29) is 11.7 Å². The third-order valence-electron chi connectivity index (χ3n) is 5.85. The number of amides is 1. The normalized spacial score (nSPS) is 38.0. The van der Waals surface area contributed by atoms with Gasteiger partial charge in [-0.05, 0) is 73.6 Å². The van der Waals surface area contributed by atoms with E-state index in [1.165, 1.54) is 37.8 Å². The van der Waals surface area contributed by atoms with Crippen LogP contribution in [-0.4, -0.2) is 11.9 Å². The van der Waals surface area contributed by atoms with Crippen molar-refractivity contribution in [3.05, 3.63) is 35.6 Å². The molecule has 0 radical (unpaired) electrons. The maximum absolute atomic E-state index is 12.9. The fraction of sp³-hybridized carbons (Fsp3) is 0.588. The predicted molar refractivity (Wildman–Crippen MR) is 74.7 cm³/mol. The summed E-state index contributed by atoms with van der Waals surface area (Å²) in [5.41, 5.74) is 0.567. The van der Waals surface area contributed by atoms with E-state index in [4.69, 9.17) is 0 Å². The molecule has 106 valence electrons. The highest BCUT2D eigenvalue weighted by Crippen LogP contribution is 2.58. The van der Waals surface area contributed by atoms with Crippen LogP contribution in [0.3, 0.4) is 0 Å². The van der Waals surface area contributed by atoms with Crippen LogP contribution in [0.25, 0.3) is 0 Å². The van der Waals surface area contributed by atoms with Gasteiger partial charge in [-0.1, -0.05) is 6.42 Å². The van der Waals surface area contributed by atoms with Crippen LogP contribution in [0, 0.1) is 29.5 Å². The summed E-state index contributed by atoms with van der Waals surface area (Å²) in [6.07, 6.45) is 6.60. The smallest absolute Gasteiger partial charge is 0.251 e. The molecule has 0 aromatic heterocycles. The Balaban J connectivity index is 1.45. The van der Waals surface area contributed by atoms with Crippen LogP contribution in [0.2, 0.25) is 0 Å². The van der Waals surface area contributed by atoms with Crippen molar-refractivity contribution < 1.29 is 9.18 Å². The molecule has 3 heteroatoms. The van der Waals surface area contributed by atoms with Crippen LogP contribution in [-0.2, 0) is 0 Å². The van der Waals surface area contributed by atoms with Crippen molar-refractivity contribution in [2.24, 2.45) is 23.7 Å². The van der Waals surface area contributed by atoms with Crippen LogP contribution in [0.4, 0.5) is 4.39 Å². The first kappa shape index (κ1) is 12.4. The molecule has 20 heavy (non-hydrogen) atoms. The summed E-state index contributed by atoms with van der Waals surface area (Å²) in [6.45, 7) is 0. The zero-order valence-corrected chi connectivity index (χ0v) is 11.5. The van der Waals surface area contributed by atoms with Gasteiger partial charge < -0.3 is 5.32 Å². The third-order valence-corrected chi connectivity index (χ3v) is 5.85. The van der Waals surface area contributed by atoms with Crippen molar-refractivity contribution in [2.75, 3.05) is 0 Å². The number of carbonyl (C=O) groups excluding carboxylic acids is 1. The fourth-order valence-electron chi connectivity index (χ4n) is 5.09. The van der Waals surface area contributed by atoms with Crippen molar-refractivity contribution in [3.8, 4) is 0 Å². The molecule has 2 bridgehead atoms. The van der Waals surface area contributed by atoms with Gasteiger partial charge in [0, 0.05) is 11.6 Å². The Morgan fingerprint density at radius 2 is 1.80 bits per heavy atom. The minimum atomic E-state index is -0.296. The number of halogens is 1. The SMILES string of the molecule is O=C(NC1CC2CC1C1CCCC21)c1ccc(F)cc1. The molecule has 0 heterocycles. The fourth-order valence-corrected chi connectivity index (χ4v) is 5.09. The molecule has 3 fully saturated rings. The average Bonchev–Trinajstić information content (AvgIpc) is 3.11. The van der Waals surface area contributed by atoms with Crippen LogP contribution < -0.4 is 5.32 Å². The molecule has 5 atom stereocenters. The monoisotopic (exact) mass is 273 g/mol. The van der Waals surface area contributed by atoms with Gasteiger partial charge in [0.2, 0.25) is 0 Å². The van der Waals surface area contributed by atoms with Crippen molar-refractivity contribution >= 4 is 5.91 Å². The summed E-state index contributed by atoms with van der Waals surface area (Å²) in [5.74, 6) is 2.99. The molecule has 5 unspecified atom stereocenters. The van der Waals surface area contributed by atoms with Gasteiger partial charge in [-0.3, -0.25) is 4.79 Å². The second kappa shape index (κ2) is 4.57. The molecule has 0 saturated heterocycles. The van der Waals surface area contributed by atoms with Crippen LogP contribution in [0.1, 0.15) is 42.5 Å². The molecule has 0 aliphatic heterocycles. The maximum atomic E-state index is 12.9. The minimum absolute atomic E-state index is 0.0444. The van der Waals surface area contributed by atoms with Crippen LogP contribution in [0.15, 0.2) is 24.3 Å². The van der Waals surface area contributed by atoms with E-state index in [0.717, 1.165) is 24.2 Å². The molecule has 1 amide bonds. The first-order chi connectivity index (χ1) is 9.72. The number of benzene rings is 1. The van der Waals surface area contributed by atoms with Gasteiger partial charge in [0.05, 0.1) is 0 Å². The lowest BCUT2D eigenvalue weighted by Crippen LogP contribution is -2.42. The lowest BCUT2D eigenvalue weighted by Gasteiger charge is -2.32. The van der Waals surface area contributed by atoms with Gasteiger partial charge in [0.25, 0.3) is 5.91 Å². The molecule has 0 spiro atoms. The standard InChI is InChI=1S/C17H20FNO/c18-12-6-4-10(5-7-12)17(20)19-16-9-11-8-15(16)14-3-1-2-13(11)14/h4-7,11,13-16H,1-3,8-9H2,(H,19,20). The summed E-state index contributed by atoms with van der Waals surface area (Å²) in [7, 11) is 0. The van der Waals surface area contributed by atoms with E-state index < -0.39 is 0 Å². The molecule has 2 nitrogen and oxygen atoms in total. The highest BCUT2D eigenvalue weighted by atomic mass is 19.1. The Labute approximate surface area is 118 Å². The molecule has 1 aromatic carbocycles. The molecule has 3 aliphatic rings. The molecule has 3 saturated carbocycles. The lowest BCUT2D eigenvalue weighted by atomic mass is 9.79. The number of hydrogen-bond acceptors (Lipinski definition) is 1. The second-order valence-electron chi connectivity index (χ2n) is 6.74. The average molecular weight is 273 g/mol. The van der Waals surface area contributed by atoms with E-state index in [0.29, 0.717) is 17.5 Å². The zero-order chi connectivity index (χ0) is 13.7. The van der Waals surface area contributed by atoms with E-state index >= 15 is 0 Å². The molecular weight excluding hydrogens is 253 g/mol. The highest BCUT2D eigenvalue weighted by Gasteiger charge is 2.53. The van der Waals surface area contributed by atoms with Gasteiger partial charge in [-0.15, -0.1) is 0 Å². The largest absolute Gasteiger partial charge is 0.349 e. The van der Waals surface area contributed by atoms with Crippen molar-refractivity contribution in [3.63, 3.8) is 0 Å². The van der Waals surface area contributed by atoms with Gasteiger partial charge in [0.15, 0.2) is 0 Å². The Morgan fingerprint density at radius 1 is 1.05 bits per heavy atom. The topological polar surface area (TPSA) is 29.1 Å². The maximum Gasteiger partial charge on any atom is 0.251 e. The molecule has 3 aliphatic carbocycles. The number of nitrogens with one attached hydrogen (secondary N) is 1. The van der Waals surface area contributed by atoms with Crippen LogP contribution in [0.5, 0.6) is 0 Å². The zero-order valence-electron chi connectivity index (χ0n) is 11.5. The van der Waals surface area contributed by atoms with Crippen molar-refractivity contribution in [2.45, 2.75) is 38.1 Å². The molecule has 1 N–H and O–H groups in total. The van der Waals surface area contributed by atoms with E-state index in [2.05, 4.69) is 5.32 Å². The van der Waals surface area contributed by atoms with Gasteiger partial charge >= 0.3 is 0 Å². The first-order valence-electron chi connectivity index (χ1n) is 7.79. The quantitative estimate of drug-likeness (QED) is 0.879. The summed E-state index contributed by atoms with van der Waals surface area (Å²) >= 11 is 0. The first-order valence-corrected chi connectivity index (χ1v) is 7.79. The Kier molecular flexibility index (Phi) is 2.83. The third kappa shape index (κ3) is 1.87. The van der Waals surface area contributed by atoms with E-state index in [1.54, 1.807) is 12.1 Å². The Bertz CT molecular complexity index is 526.